The number of rotatable bonds is 8. The van der Waals surface area contributed by atoms with Crippen molar-refractivity contribution in [2.24, 2.45) is 0 Å². The molecule has 0 aliphatic carbocycles. The number of hydrogen-bond donors (Lipinski definition) is 0. The Labute approximate surface area is 199 Å². The number of thioether (sulfide) groups is 1. The standard InChI is InChI=1S/C25H31N5O2S/c1-4-28-15-17-29(18-16-28)24(31)19(3)33-25-27-26-23(20-9-7-6-8-10-20)30(25)21-11-13-22(14-12-21)32-5-2/h6-14,19H,4-5,15-18H2,1-3H3/t19-/m0/s1. The van der Waals surface area contributed by atoms with Crippen molar-refractivity contribution in [3.63, 3.8) is 0 Å². The number of piperazine rings is 1. The first-order valence-electron chi connectivity index (χ1n) is 11.5. The van der Waals surface area contributed by atoms with Crippen LogP contribution in [0.15, 0.2) is 59.8 Å². The van der Waals surface area contributed by atoms with Crippen molar-refractivity contribution in [2.45, 2.75) is 31.2 Å². The Kier molecular flexibility index (Phi) is 7.67. The first kappa shape index (κ1) is 23.3. The largest absolute Gasteiger partial charge is 0.494 e. The number of likely N-dealkylation sites (N-methyl/N-ethyl adjacent to an activating group) is 1. The van der Waals surface area contributed by atoms with E-state index in [4.69, 9.17) is 4.74 Å². The zero-order valence-electron chi connectivity index (χ0n) is 19.5. The minimum Gasteiger partial charge on any atom is -0.494 e. The van der Waals surface area contributed by atoms with Crippen LogP contribution in [0.25, 0.3) is 17.1 Å². The van der Waals surface area contributed by atoms with Gasteiger partial charge in [0, 0.05) is 37.4 Å². The lowest BCUT2D eigenvalue weighted by Crippen LogP contribution is -2.50. The van der Waals surface area contributed by atoms with E-state index in [0.29, 0.717) is 11.8 Å². The molecule has 0 bridgehead atoms. The highest BCUT2D eigenvalue weighted by Crippen LogP contribution is 2.31. The quantitative estimate of drug-likeness (QED) is 0.469. The van der Waals surface area contributed by atoms with Crippen molar-refractivity contribution < 1.29 is 9.53 Å². The lowest BCUT2D eigenvalue weighted by atomic mass is 10.2. The summed E-state index contributed by atoms with van der Waals surface area (Å²) in [6.45, 7) is 11.1. The van der Waals surface area contributed by atoms with Gasteiger partial charge in [-0.3, -0.25) is 9.36 Å². The van der Waals surface area contributed by atoms with E-state index < -0.39 is 0 Å². The van der Waals surface area contributed by atoms with Crippen LogP contribution in [-0.2, 0) is 4.79 Å². The molecule has 1 fully saturated rings. The van der Waals surface area contributed by atoms with Crippen LogP contribution in [0.3, 0.4) is 0 Å². The maximum atomic E-state index is 13.2. The Hall–Kier alpha value is -2.84. The molecule has 0 N–H and O–H groups in total. The summed E-state index contributed by atoms with van der Waals surface area (Å²) in [5.74, 6) is 1.72. The molecule has 1 aliphatic rings. The van der Waals surface area contributed by atoms with Crippen molar-refractivity contribution >= 4 is 17.7 Å². The molecule has 8 heteroatoms. The van der Waals surface area contributed by atoms with Crippen molar-refractivity contribution in [2.75, 3.05) is 39.3 Å². The van der Waals surface area contributed by atoms with Crippen LogP contribution in [0.2, 0.25) is 0 Å². The molecular formula is C25H31N5O2S. The van der Waals surface area contributed by atoms with Gasteiger partial charge in [-0.05, 0) is 44.7 Å². The highest BCUT2D eigenvalue weighted by molar-refractivity contribution is 8.00. The van der Waals surface area contributed by atoms with E-state index in [0.717, 1.165) is 55.5 Å². The van der Waals surface area contributed by atoms with Crippen LogP contribution >= 0.6 is 11.8 Å². The Bertz CT molecular complexity index is 1050. The number of nitrogens with zero attached hydrogens (tertiary/aromatic N) is 5. The third-order valence-electron chi connectivity index (χ3n) is 5.83. The number of ether oxygens (including phenoxy) is 1. The van der Waals surface area contributed by atoms with Crippen LogP contribution in [0.5, 0.6) is 5.75 Å². The number of benzene rings is 2. The van der Waals surface area contributed by atoms with Gasteiger partial charge >= 0.3 is 0 Å². The summed E-state index contributed by atoms with van der Waals surface area (Å²) < 4.78 is 7.63. The van der Waals surface area contributed by atoms with Crippen molar-refractivity contribution in [3.05, 3.63) is 54.6 Å². The molecule has 1 aliphatic heterocycles. The molecular weight excluding hydrogens is 434 g/mol. The van der Waals surface area contributed by atoms with Gasteiger partial charge in [0.15, 0.2) is 11.0 Å². The predicted molar refractivity (Wildman–Crippen MR) is 132 cm³/mol. The molecule has 174 valence electrons. The number of hydrogen-bond acceptors (Lipinski definition) is 6. The monoisotopic (exact) mass is 465 g/mol. The van der Waals surface area contributed by atoms with Crippen LogP contribution in [-0.4, -0.2) is 75.1 Å². The highest BCUT2D eigenvalue weighted by Gasteiger charge is 2.27. The zero-order valence-corrected chi connectivity index (χ0v) is 20.3. The van der Waals surface area contributed by atoms with E-state index in [9.17, 15) is 4.79 Å². The summed E-state index contributed by atoms with van der Waals surface area (Å²) in [4.78, 5) is 17.5. The first-order valence-corrected chi connectivity index (χ1v) is 12.4. The average molecular weight is 466 g/mol. The van der Waals surface area contributed by atoms with Crippen LogP contribution in [0, 0.1) is 0 Å². The molecule has 33 heavy (non-hydrogen) atoms. The predicted octanol–water partition coefficient (Wildman–Crippen LogP) is 3.98. The minimum absolute atomic E-state index is 0.151. The van der Waals surface area contributed by atoms with E-state index in [2.05, 4.69) is 22.0 Å². The van der Waals surface area contributed by atoms with Gasteiger partial charge in [0.1, 0.15) is 5.75 Å². The fourth-order valence-corrected chi connectivity index (χ4v) is 4.91. The van der Waals surface area contributed by atoms with Gasteiger partial charge in [0.25, 0.3) is 0 Å². The molecule has 0 unspecified atom stereocenters. The van der Waals surface area contributed by atoms with E-state index in [1.165, 1.54) is 11.8 Å². The lowest BCUT2D eigenvalue weighted by molar-refractivity contribution is -0.132. The molecule has 4 rings (SSSR count). The van der Waals surface area contributed by atoms with Gasteiger partial charge in [0.2, 0.25) is 5.91 Å². The highest BCUT2D eigenvalue weighted by atomic mass is 32.2. The van der Waals surface area contributed by atoms with Crippen LogP contribution < -0.4 is 4.74 Å². The summed E-state index contributed by atoms with van der Waals surface area (Å²) in [6.07, 6.45) is 0. The molecule has 0 spiro atoms. The van der Waals surface area contributed by atoms with Crippen LogP contribution in [0.1, 0.15) is 20.8 Å². The maximum Gasteiger partial charge on any atom is 0.235 e. The van der Waals surface area contributed by atoms with Gasteiger partial charge in [0.05, 0.1) is 11.9 Å². The fourth-order valence-electron chi connectivity index (χ4n) is 3.96. The van der Waals surface area contributed by atoms with E-state index in [1.807, 2.05) is 77.9 Å². The van der Waals surface area contributed by atoms with E-state index >= 15 is 0 Å². The second-order valence-electron chi connectivity index (χ2n) is 7.95. The first-order chi connectivity index (χ1) is 16.1. The molecule has 0 radical (unpaired) electrons. The Morgan fingerprint density at radius 2 is 1.70 bits per heavy atom. The maximum absolute atomic E-state index is 13.2. The van der Waals surface area contributed by atoms with Gasteiger partial charge < -0.3 is 14.5 Å². The van der Waals surface area contributed by atoms with E-state index in [1.54, 1.807) is 0 Å². The molecule has 1 saturated heterocycles. The summed E-state index contributed by atoms with van der Waals surface area (Å²) >= 11 is 1.46. The summed E-state index contributed by atoms with van der Waals surface area (Å²) in [5.41, 5.74) is 1.90. The lowest BCUT2D eigenvalue weighted by Gasteiger charge is -2.35. The molecule has 2 aromatic carbocycles. The van der Waals surface area contributed by atoms with Gasteiger partial charge in [-0.25, -0.2) is 0 Å². The normalized spacial score (nSPS) is 15.4. The van der Waals surface area contributed by atoms with Crippen molar-refractivity contribution in [3.8, 4) is 22.8 Å². The second-order valence-corrected chi connectivity index (χ2v) is 9.26. The summed E-state index contributed by atoms with van der Waals surface area (Å²) in [6, 6.07) is 17.9. The minimum atomic E-state index is -0.257. The number of carbonyl (C=O) groups excluding carboxylic acids is 1. The van der Waals surface area contributed by atoms with Gasteiger partial charge in [-0.1, -0.05) is 49.0 Å². The topological polar surface area (TPSA) is 63.5 Å². The van der Waals surface area contributed by atoms with Gasteiger partial charge in [-0.15, -0.1) is 10.2 Å². The number of carbonyl (C=O) groups is 1. The number of amides is 1. The van der Waals surface area contributed by atoms with Crippen molar-refractivity contribution in [1.29, 1.82) is 0 Å². The number of aromatic nitrogens is 3. The average Bonchev–Trinajstić information content (AvgIpc) is 3.28. The zero-order chi connectivity index (χ0) is 23.2. The molecule has 1 aromatic heterocycles. The molecule has 7 nitrogen and oxygen atoms in total. The van der Waals surface area contributed by atoms with E-state index in [-0.39, 0.29) is 11.2 Å². The fraction of sp³-hybridized carbons (Fsp3) is 0.400. The molecule has 1 amide bonds. The molecule has 1 atom stereocenters. The third-order valence-corrected chi connectivity index (χ3v) is 6.86. The Morgan fingerprint density at radius 3 is 2.33 bits per heavy atom. The summed E-state index contributed by atoms with van der Waals surface area (Å²) in [7, 11) is 0. The molecule has 3 aromatic rings. The third kappa shape index (κ3) is 5.39. The second kappa shape index (κ2) is 10.9. The van der Waals surface area contributed by atoms with Crippen molar-refractivity contribution in [1.82, 2.24) is 24.6 Å². The Balaban J connectivity index is 1.60. The Morgan fingerprint density at radius 1 is 1.00 bits per heavy atom. The molecule has 2 heterocycles. The smallest absolute Gasteiger partial charge is 0.235 e. The van der Waals surface area contributed by atoms with Crippen LogP contribution in [0.4, 0.5) is 0 Å². The summed E-state index contributed by atoms with van der Waals surface area (Å²) in [5, 5.41) is 9.43. The SMILES string of the molecule is CCOc1ccc(-n2c(S[C@@H](C)C(=O)N3CCN(CC)CC3)nnc2-c2ccccc2)cc1. The molecule has 0 saturated carbocycles. The van der Waals surface area contributed by atoms with Gasteiger partial charge in [-0.2, -0.15) is 0 Å².